The Morgan fingerprint density at radius 2 is 1.86 bits per heavy atom. The molecule has 0 N–H and O–H groups in total. The number of carbonyl (C=O) groups is 3. The van der Waals surface area contributed by atoms with Crippen molar-refractivity contribution in [3.63, 3.8) is 0 Å². The van der Waals surface area contributed by atoms with Gasteiger partial charge in [-0.05, 0) is 69.9 Å². The molecule has 2 fully saturated rings. The topological polar surface area (TPSA) is 110 Å². The Morgan fingerprint density at radius 1 is 1.11 bits per heavy atom. The molecule has 36 heavy (non-hydrogen) atoms. The zero-order valence-corrected chi connectivity index (χ0v) is 21.8. The van der Waals surface area contributed by atoms with Gasteiger partial charge in [0.05, 0.1) is 14.3 Å². The number of non-ortho nitro benzene ring substituents is 1. The third-order valence-electron chi connectivity index (χ3n) is 5.90. The zero-order chi connectivity index (χ0) is 25.7. The monoisotopic (exact) mass is 573 g/mol. The molecule has 0 unspecified atom stereocenters. The van der Waals surface area contributed by atoms with Crippen LogP contribution in [0.2, 0.25) is 0 Å². The summed E-state index contributed by atoms with van der Waals surface area (Å²) in [5.74, 6) is -0.154. The Bertz CT molecular complexity index is 1230. The van der Waals surface area contributed by atoms with Crippen molar-refractivity contribution in [1.82, 2.24) is 9.80 Å². The predicted molar refractivity (Wildman–Crippen MR) is 139 cm³/mol. The number of amides is 3. The van der Waals surface area contributed by atoms with Crippen LogP contribution in [0.25, 0.3) is 6.08 Å². The summed E-state index contributed by atoms with van der Waals surface area (Å²) in [6.45, 7) is 1.22. The van der Waals surface area contributed by atoms with E-state index in [2.05, 4.69) is 15.9 Å². The molecule has 4 rings (SSSR count). The van der Waals surface area contributed by atoms with Crippen LogP contribution in [0, 0.1) is 10.1 Å². The first-order chi connectivity index (χ1) is 17.3. The number of halogens is 1. The fraction of sp³-hybridized carbons (Fsp3) is 0.320. The maximum Gasteiger partial charge on any atom is 0.294 e. The van der Waals surface area contributed by atoms with E-state index < -0.39 is 16.1 Å². The highest BCUT2D eigenvalue weighted by Crippen LogP contribution is 2.34. The first-order valence-electron chi connectivity index (χ1n) is 11.5. The smallest absolute Gasteiger partial charge is 0.294 e. The Kier molecular flexibility index (Phi) is 8.42. The van der Waals surface area contributed by atoms with Gasteiger partial charge in [-0.1, -0.05) is 31.0 Å². The maximum atomic E-state index is 12.9. The second-order valence-corrected chi connectivity index (χ2v) is 10.3. The van der Waals surface area contributed by atoms with Gasteiger partial charge < -0.3 is 9.64 Å². The zero-order valence-electron chi connectivity index (χ0n) is 19.4. The van der Waals surface area contributed by atoms with Gasteiger partial charge in [0.15, 0.2) is 0 Å². The summed E-state index contributed by atoms with van der Waals surface area (Å²) < 4.78 is 6.40. The first kappa shape index (κ1) is 25.9. The first-order valence-corrected chi connectivity index (χ1v) is 13.1. The molecule has 0 spiro atoms. The van der Waals surface area contributed by atoms with Crippen molar-refractivity contribution >= 4 is 56.5 Å². The van der Waals surface area contributed by atoms with Crippen LogP contribution in [-0.4, -0.2) is 51.4 Å². The molecule has 0 aromatic heterocycles. The molecule has 0 atom stereocenters. The molecule has 2 aromatic rings. The number of likely N-dealkylation sites (tertiary alicyclic amines) is 1. The summed E-state index contributed by atoms with van der Waals surface area (Å²) in [4.78, 5) is 51.5. The summed E-state index contributed by atoms with van der Waals surface area (Å²) in [5.41, 5.74) is 1.32. The lowest BCUT2D eigenvalue weighted by Gasteiger charge is -2.22. The number of ether oxygens (including phenoxy) is 1. The molecular formula is C25H24BrN3O6S. The number of thioether (sulfide) groups is 1. The summed E-state index contributed by atoms with van der Waals surface area (Å²) in [7, 11) is 0. The molecule has 2 aromatic carbocycles. The van der Waals surface area contributed by atoms with Gasteiger partial charge in [-0.25, -0.2) is 0 Å². The van der Waals surface area contributed by atoms with E-state index in [9.17, 15) is 24.5 Å². The van der Waals surface area contributed by atoms with Gasteiger partial charge in [-0.15, -0.1) is 0 Å². The Morgan fingerprint density at radius 3 is 2.56 bits per heavy atom. The minimum atomic E-state index is -0.477. The standard InChI is InChI=1S/C25H24BrN3O6S/c26-20-13-17(8-9-21(20)35-16-18-6-5-7-19(12-18)29(33)34)14-22-24(31)28(25(32)36-22)15-23(30)27-10-3-1-2-4-11-27/h5-9,12-14H,1-4,10-11,15-16H2. The molecule has 11 heteroatoms. The second-order valence-electron chi connectivity index (χ2n) is 8.47. The van der Waals surface area contributed by atoms with Crippen LogP contribution in [0.5, 0.6) is 5.75 Å². The third kappa shape index (κ3) is 6.33. The largest absolute Gasteiger partial charge is 0.488 e. The summed E-state index contributed by atoms with van der Waals surface area (Å²) in [6.07, 6.45) is 5.65. The van der Waals surface area contributed by atoms with Crippen LogP contribution in [0.15, 0.2) is 51.8 Å². The molecule has 2 saturated heterocycles. The van der Waals surface area contributed by atoms with E-state index >= 15 is 0 Å². The number of nitro benzene ring substituents is 1. The van der Waals surface area contributed by atoms with Crippen LogP contribution >= 0.6 is 27.7 Å². The van der Waals surface area contributed by atoms with Crippen molar-refractivity contribution in [2.45, 2.75) is 32.3 Å². The van der Waals surface area contributed by atoms with Crippen molar-refractivity contribution in [3.05, 3.63) is 73.1 Å². The maximum absolute atomic E-state index is 12.9. The van der Waals surface area contributed by atoms with E-state index in [0.717, 1.165) is 42.3 Å². The van der Waals surface area contributed by atoms with Gasteiger partial charge in [0.25, 0.3) is 16.8 Å². The van der Waals surface area contributed by atoms with Crippen LogP contribution in [-0.2, 0) is 16.2 Å². The SMILES string of the molecule is O=C(CN1C(=O)SC(=Cc2ccc(OCc3cccc([N+](=O)[O-])c3)c(Br)c2)C1=O)N1CCCCCC1. The quantitative estimate of drug-likeness (QED) is 0.248. The average Bonchev–Trinajstić information content (AvgIpc) is 3.04. The molecule has 0 bridgehead atoms. The van der Waals surface area contributed by atoms with Crippen molar-refractivity contribution in [2.75, 3.05) is 19.6 Å². The molecule has 9 nitrogen and oxygen atoms in total. The number of imide groups is 1. The number of carbonyl (C=O) groups excluding carboxylic acids is 3. The minimum Gasteiger partial charge on any atom is -0.488 e. The number of rotatable bonds is 7. The molecule has 0 aliphatic carbocycles. The third-order valence-corrected chi connectivity index (χ3v) is 7.42. The lowest BCUT2D eigenvalue weighted by Crippen LogP contribution is -2.42. The highest BCUT2D eigenvalue weighted by atomic mass is 79.9. The van der Waals surface area contributed by atoms with E-state index in [1.807, 2.05) is 0 Å². The fourth-order valence-electron chi connectivity index (χ4n) is 3.99. The Labute approximate surface area is 220 Å². The van der Waals surface area contributed by atoms with Crippen molar-refractivity contribution in [1.29, 1.82) is 0 Å². The normalized spacial score (nSPS) is 17.4. The average molecular weight is 574 g/mol. The fourth-order valence-corrected chi connectivity index (χ4v) is 5.34. The number of nitrogens with zero attached hydrogens (tertiary/aromatic N) is 3. The lowest BCUT2D eigenvalue weighted by molar-refractivity contribution is -0.384. The molecule has 0 radical (unpaired) electrons. The molecule has 3 amide bonds. The number of hydrogen-bond acceptors (Lipinski definition) is 7. The van der Waals surface area contributed by atoms with Crippen LogP contribution in [0.4, 0.5) is 10.5 Å². The van der Waals surface area contributed by atoms with Gasteiger partial charge in [-0.3, -0.25) is 29.4 Å². The number of nitro groups is 1. The van der Waals surface area contributed by atoms with Gasteiger partial charge >= 0.3 is 0 Å². The highest BCUT2D eigenvalue weighted by Gasteiger charge is 2.37. The van der Waals surface area contributed by atoms with Crippen LogP contribution < -0.4 is 4.74 Å². The second kappa shape index (κ2) is 11.7. The lowest BCUT2D eigenvalue weighted by atomic mass is 10.2. The molecule has 2 aliphatic heterocycles. The summed E-state index contributed by atoms with van der Waals surface area (Å²) in [6, 6.07) is 11.4. The van der Waals surface area contributed by atoms with Crippen LogP contribution in [0.3, 0.4) is 0 Å². The highest BCUT2D eigenvalue weighted by molar-refractivity contribution is 9.10. The molecule has 2 heterocycles. The van der Waals surface area contributed by atoms with Gasteiger partial charge in [-0.2, -0.15) is 0 Å². The van der Waals surface area contributed by atoms with Gasteiger partial charge in [0.2, 0.25) is 5.91 Å². The van der Waals surface area contributed by atoms with Gasteiger partial charge in [0, 0.05) is 25.2 Å². The Balaban J connectivity index is 1.40. The summed E-state index contributed by atoms with van der Waals surface area (Å²) >= 11 is 4.26. The molecular weight excluding hydrogens is 550 g/mol. The molecule has 188 valence electrons. The van der Waals surface area contributed by atoms with E-state index in [1.54, 1.807) is 41.3 Å². The molecule has 2 aliphatic rings. The molecule has 0 saturated carbocycles. The van der Waals surface area contributed by atoms with E-state index in [4.69, 9.17) is 4.74 Å². The van der Waals surface area contributed by atoms with E-state index in [1.165, 1.54) is 12.1 Å². The van der Waals surface area contributed by atoms with E-state index in [0.29, 0.717) is 34.4 Å². The Hall–Kier alpha value is -3.18. The van der Waals surface area contributed by atoms with Crippen LogP contribution in [0.1, 0.15) is 36.8 Å². The van der Waals surface area contributed by atoms with E-state index in [-0.39, 0.29) is 29.7 Å². The van der Waals surface area contributed by atoms with Crippen molar-refractivity contribution in [2.24, 2.45) is 0 Å². The minimum absolute atomic E-state index is 0.00686. The van der Waals surface area contributed by atoms with Crippen molar-refractivity contribution < 1.29 is 24.0 Å². The van der Waals surface area contributed by atoms with Crippen molar-refractivity contribution in [3.8, 4) is 5.75 Å². The number of hydrogen-bond donors (Lipinski definition) is 0. The number of benzene rings is 2. The van der Waals surface area contributed by atoms with Gasteiger partial charge in [0.1, 0.15) is 18.9 Å². The summed E-state index contributed by atoms with van der Waals surface area (Å²) in [5, 5.41) is 10.5. The predicted octanol–water partition coefficient (Wildman–Crippen LogP) is 5.38.